The zero-order valence-corrected chi connectivity index (χ0v) is 8.34. The van der Waals surface area contributed by atoms with E-state index in [4.69, 9.17) is 10.5 Å². The van der Waals surface area contributed by atoms with Crippen LogP contribution in [0.3, 0.4) is 0 Å². The molecule has 0 saturated heterocycles. The van der Waals surface area contributed by atoms with Crippen LogP contribution < -0.4 is 10.5 Å². The molecule has 2 rings (SSSR count). The van der Waals surface area contributed by atoms with Crippen molar-refractivity contribution >= 4 is 5.69 Å². The fourth-order valence-corrected chi connectivity index (χ4v) is 1.29. The van der Waals surface area contributed by atoms with E-state index in [1.807, 2.05) is 41.2 Å². The van der Waals surface area contributed by atoms with E-state index in [1.54, 1.807) is 6.20 Å². The third-order valence-electron chi connectivity index (χ3n) is 2.06. The molecule has 78 valence electrons. The lowest BCUT2D eigenvalue weighted by molar-refractivity contribution is 0.293. The van der Waals surface area contributed by atoms with Gasteiger partial charge in [0.2, 0.25) is 0 Å². The van der Waals surface area contributed by atoms with Gasteiger partial charge in [-0.3, -0.25) is 4.68 Å². The number of hydrogen-bond acceptors (Lipinski definition) is 3. The second-order valence-electron chi connectivity index (χ2n) is 3.16. The van der Waals surface area contributed by atoms with Crippen LogP contribution in [0.15, 0.2) is 42.7 Å². The molecule has 0 saturated carbocycles. The first kappa shape index (κ1) is 9.58. The highest BCUT2D eigenvalue weighted by molar-refractivity contribution is 5.51. The van der Waals surface area contributed by atoms with Crippen LogP contribution in [-0.4, -0.2) is 16.4 Å². The summed E-state index contributed by atoms with van der Waals surface area (Å²) >= 11 is 0. The molecule has 2 N–H and O–H groups in total. The Labute approximate surface area is 88.3 Å². The quantitative estimate of drug-likeness (QED) is 0.767. The Morgan fingerprint density at radius 1 is 1.27 bits per heavy atom. The fraction of sp³-hybridized carbons (Fsp3) is 0.182. The van der Waals surface area contributed by atoms with Crippen molar-refractivity contribution in [3.05, 3.63) is 42.7 Å². The third-order valence-corrected chi connectivity index (χ3v) is 2.06. The van der Waals surface area contributed by atoms with E-state index in [9.17, 15) is 0 Å². The molecule has 1 aromatic heterocycles. The molecular formula is C11H13N3O. The monoisotopic (exact) mass is 203 g/mol. The van der Waals surface area contributed by atoms with Crippen LogP contribution >= 0.6 is 0 Å². The predicted molar refractivity (Wildman–Crippen MR) is 58.6 cm³/mol. The van der Waals surface area contributed by atoms with Gasteiger partial charge in [-0.15, -0.1) is 0 Å². The molecule has 0 spiro atoms. The number of ether oxygens (including phenoxy) is 1. The van der Waals surface area contributed by atoms with E-state index in [0.29, 0.717) is 12.3 Å². The normalized spacial score (nSPS) is 10.1. The van der Waals surface area contributed by atoms with Gasteiger partial charge in [-0.25, -0.2) is 0 Å². The van der Waals surface area contributed by atoms with Crippen molar-refractivity contribution in [2.75, 3.05) is 12.3 Å². The summed E-state index contributed by atoms with van der Waals surface area (Å²) < 4.78 is 7.34. The van der Waals surface area contributed by atoms with Crippen molar-refractivity contribution in [2.24, 2.45) is 0 Å². The molecule has 0 aliphatic heterocycles. The minimum absolute atomic E-state index is 0.565. The molecule has 0 bridgehead atoms. The average Bonchev–Trinajstić information content (AvgIpc) is 2.74. The molecule has 0 amide bonds. The summed E-state index contributed by atoms with van der Waals surface area (Å²) in [4.78, 5) is 0. The summed E-state index contributed by atoms with van der Waals surface area (Å²) in [7, 11) is 0. The van der Waals surface area contributed by atoms with Crippen LogP contribution in [0.4, 0.5) is 5.69 Å². The average molecular weight is 203 g/mol. The van der Waals surface area contributed by atoms with Gasteiger partial charge in [0.25, 0.3) is 0 Å². The van der Waals surface area contributed by atoms with Gasteiger partial charge >= 0.3 is 0 Å². The maximum absolute atomic E-state index is 5.73. The third kappa shape index (κ3) is 2.49. The molecule has 1 heterocycles. The van der Waals surface area contributed by atoms with Crippen molar-refractivity contribution < 1.29 is 4.74 Å². The Morgan fingerprint density at radius 2 is 2.13 bits per heavy atom. The Balaban J connectivity index is 1.86. The number of aromatic nitrogens is 2. The van der Waals surface area contributed by atoms with Crippen LogP contribution in [0.25, 0.3) is 0 Å². The zero-order chi connectivity index (χ0) is 10.5. The van der Waals surface area contributed by atoms with Gasteiger partial charge < -0.3 is 10.5 Å². The first-order valence-corrected chi connectivity index (χ1v) is 4.81. The van der Waals surface area contributed by atoms with Crippen molar-refractivity contribution in [1.82, 2.24) is 9.78 Å². The summed E-state index contributed by atoms with van der Waals surface area (Å²) in [6.45, 7) is 1.29. The maximum atomic E-state index is 5.73. The number of hydrogen-bond donors (Lipinski definition) is 1. The minimum Gasteiger partial charge on any atom is -0.490 e. The number of nitrogens with two attached hydrogens (primary N) is 1. The van der Waals surface area contributed by atoms with Crippen molar-refractivity contribution in [3.63, 3.8) is 0 Å². The lowest BCUT2D eigenvalue weighted by Gasteiger charge is -2.08. The van der Waals surface area contributed by atoms with Gasteiger partial charge in [0.1, 0.15) is 12.4 Å². The number of rotatable bonds is 4. The summed E-state index contributed by atoms with van der Waals surface area (Å²) in [6.07, 6.45) is 3.65. The molecular weight excluding hydrogens is 190 g/mol. The molecule has 0 radical (unpaired) electrons. The van der Waals surface area contributed by atoms with Gasteiger partial charge in [-0.2, -0.15) is 5.10 Å². The van der Waals surface area contributed by atoms with Crippen molar-refractivity contribution in [1.29, 1.82) is 0 Å². The Morgan fingerprint density at radius 3 is 2.87 bits per heavy atom. The van der Waals surface area contributed by atoms with Gasteiger partial charge in [0.15, 0.2) is 0 Å². The molecule has 1 aromatic carbocycles. The van der Waals surface area contributed by atoms with E-state index in [-0.39, 0.29) is 0 Å². The molecule has 0 aliphatic carbocycles. The zero-order valence-electron chi connectivity index (χ0n) is 8.34. The van der Waals surface area contributed by atoms with E-state index >= 15 is 0 Å². The lowest BCUT2D eigenvalue weighted by atomic mass is 10.3. The van der Waals surface area contributed by atoms with Crippen molar-refractivity contribution in [3.8, 4) is 5.75 Å². The summed E-state index contributed by atoms with van der Waals surface area (Å²) in [5, 5.41) is 4.08. The van der Waals surface area contributed by atoms with Crippen LogP contribution in [0.5, 0.6) is 5.75 Å². The molecule has 0 atom stereocenters. The second-order valence-corrected chi connectivity index (χ2v) is 3.16. The molecule has 0 unspecified atom stereocenters. The SMILES string of the molecule is Nc1ccccc1OCCn1cccn1. The molecule has 0 aliphatic rings. The number of nitrogen functional groups attached to an aromatic ring is 1. The highest BCUT2D eigenvalue weighted by atomic mass is 16.5. The largest absolute Gasteiger partial charge is 0.490 e. The van der Waals surface area contributed by atoms with E-state index in [2.05, 4.69) is 5.10 Å². The Bertz CT molecular complexity index is 412. The number of benzene rings is 1. The van der Waals surface area contributed by atoms with Crippen molar-refractivity contribution in [2.45, 2.75) is 6.54 Å². The van der Waals surface area contributed by atoms with Gasteiger partial charge in [-0.05, 0) is 18.2 Å². The molecule has 4 heteroatoms. The van der Waals surface area contributed by atoms with Gasteiger partial charge in [0.05, 0.1) is 12.2 Å². The topological polar surface area (TPSA) is 53.1 Å². The van der Waals surface area contributed by atoms with Crippen LogP contribution in [0, 0.1) is 0 Å². The highest BCUT2D eigenvalue weighted by Crippen LogP contribution is 2.19. The minimum atomic E-state index is 0.565. The second kappa shape index (κ2) is 4.50. The Kier molecular flexibility index (Phi) is 2.88. The standard InChI is InChI=1S/C11H13N3O/c12-10-4-1-2-5-11(10)15-9-8-14-7-3-6-13-14/h1-7H,8-9,12H2. The maximum Gasteiger partial charge on any atom is 0.142 e. The van der Waals surface area contributed by atoms with Crippen LogP contribution in [0.2, 0.25) is 0 Å². The fourth-order valence-electron chi connectivity index (χ4n) is 1.29. The van der Waals surface area contributed by atoms with E-state index in [0.717, 1.165) is 12.3 Å². The summed E-state index contributed by atoms with van der Waals surface area (Å²) in [5.41, 5.74) is 6.40. The van der Waals surface area contributed by atoms with Crippen LogP contribution in [0.1, 0.15) is 0 Å². The van der Waals surface area contributed by atoms with E-state index < -0.39 is 0 Å². The summed E-state index contributed by atoms with van der Waals surface area (Å²) in [5.74, 6) is 0.727. The summed E-state index contributed by atoms with van der Waals surface area (Å²) in [6, 6.07) is 9.36. The van der Waals surface area contributed by atoms with Crippen LogP contribution in [-0.2, 0) is 6.54 Å². The molecule has 0 fully saturated rings. The number of para-hydroxylation sites is 2. The number of anilines is 1. The van der Waals surface area contributed by atoms with Gasteiger partial charge in [-0.1, -0.05) is 12.1 Å². The van der Waals surface area contributed by atoms with Gasteiger partial charge in [0, 0.05) is 12.4 Å². The van der Waals surface area contributed by atoms with E-state index in [1.165, 1.54) is 0 Å². The predicted octanol–water partition coefficient (Wildman–Crippen LogP) is 1.54. The molecule has 2 aromatic rings. The lowest BCUT2D eigenvalue weighted by Crippen LogP contribution is -2.09. The highest BCUT2D eigenvalue weighted by Gasteiger charge is 1.98. The molecule has 15 heavy (non-hydrogen) atoms. The smallest absolute Gasteiger partial charge is 0.142 e. The number of nitrogens with zero attached hydrogens (tertiary/aromatic N) is 2. The Hall–Kier alpha value is -1.97. The first-order chi connectivity index (χ1) is 7.36. The molecule has 4 nitrogen and oxygen atoms in total. The first-order valence-electron chi connectivity index (χ1n) is 4.81.